The molecule has 0 amide bonds. The Hall–Kier alpha value is -2.73. The van der Waals surface area contributed by atoms with Gasteiger partial charge in [0.25, 0.3) is 0 Å². The van der Waals surface area contributed by atoms with Gasteiger partial charge in [-0.15, -0.1) is 0 Å². The SMILES string of the molecule is Cc1cc(CC2=CSC(c3ccc4c(c3)OCCO4)=CC2C)c(C)cc1CC[N+](=O)[O-]. The molecular formula is C25H27NO4S. The van der Waals surface area contributed by atoms with Crippen LogP contribution in [-0.2, 0) is 12.8 Å². The van der Waals surface area contributed by atoms with Crippen LogP contribution in [0, 0.1) is 29.9 Å². The summed E-state index contributed by atoms with van der Waals surface area (Å²) < 4.78 is 11.4. The van der Waals surface area contributed by atoms with E-state index in [0.29, 0.717) is 25.6 Å². The molecule has 0 spiro atoms. The third-order valence-corrected chi connectivity index (χ3v) is 6.95. The van der Waals surface area contributed by atoms with E-state index in [2.05, 4.69) is 49.6 Å². The predicted molar refractivity (Wildman–Crippen MR) is 125 cm³/mol. The zero-order chi connectivity index (χ0) is 22.0. The van der Waals surface area contributed by atoms with Crippen LogP contribution in [0.25, 0.3) is 4.91 Å². The van der Waals surface area contributed by atoms with E-state index in [1.807, 2.05) is 13.0 Å². The summed E-state index contributed by atoms with van der Waals surface area (Å²) in [7, 11) is 0. The summed E-state index contributed by atoms with van der Waals surface area (Å²) in [4.78, 5) is 11.7. The van der Waals surface area contributed by atoms with Crippen LogP contribution in [-0.4, -0.2) is 24.7 Å². The lowest BCUT2D eigenvalue weighted by Gasteiger charge is -2.23. The molecule has 1 unspecified atom stereocenters. The maximum Gasteiger partial charge on any atom is 0.207 e. The van der Waals surface area contributed by atoms with Gasteiger partial charge < -0.3 is 9.47 Å². The third kappa shape index (κ3) is 4.96. The Morgan fingerprint density at radius 3 is 2.52 bits per heavy atom. The molecule has 31 heavy (non-hydrogen) atoms. The first kappa shape index (κ1) is 21.5. The summed E-state index contributed by atoms with van der Waals surface area (Å²) in [6.45, 7) is 7.55. The van der Waals surface area contributed by atoms with Crippen molar-refractivity contribution in [3.05, 3.63) is 85.3 Å². The smallest absolute Gasteiger partial charge is 0.207 e. The number of nitrogens with zero attached hydrogens (tertiary/aromatic N) is 1. The largest absolute Gasteiger partial charge is 0.486 e. The number of thioether (sulfide) groups is 1. The quantitative estimate of drug-likeness (QED) is 0.426. The standard InChI is InChI=1S/C25H27NO4S/c1-16-11-21(17(2)10-19(16)6-7-26(27)28)13-22-15-31-25(12-18(22)3)20-4-5-23-24(14-20)30-9-8-29-23/h4-5,10-12,14-15,18H,6-9,13H2,1-3H3. The highest BCUT2D eigenvalue weighted by Crippen LogP contribution is 2.41. The summed E-state index contributed by atoms with van der Waals surface area (Å²) in [6, 6.07) is 10.5. The lowest BCUT2D eigenvalue weighted by Crippen LogP contribution is -2.15. The zero-order valence-corrected chi connectivity index (χ0v) is 19.0. The van der Waals surface area contributed by atoms with Crippen molar-refractivity contribution in [3.63, 3.8) is 0 Å². The van der Waals surface area contributed by atoms with Crippen molar-refractivity contribution in [1.29, 1.82) is 0 Å². The molecular weight excluding hydrogens is 410 g/mol. The van der Waals surface area contributed by atoms with Crippen LogP contribution in [0.3, 0.4) is 0 Å². The Bertz CT molecular complexity index is 1070. The van der Waals surface area contributed by atoms with E-state index in [0.717, 1.165) is 34.6 Å². The first-order valence-electron chi connectivity index (χ1n) is 10.6. The fraction of sp³-hybridized carbons (Fsp3) is 0.360. The minimum absolute atomic E-state index is 0.0219. The van der Waals surface area contributed by atoms with Gasteiger partial charge in [0.15, 0.2) is 11.5 Å². The average molecular weight is 438 g/mol. The van der Waals surface area contributed by atoms with Gasteiger partial charge in [-0.05, 0) is 77.6 Å². The minimum atomic E-state index is -0.250. The molecule has 0 radical (unpaired) electrons. The van der Waals surface area contributed by atoms with Gasteiger partial charge in [0.1, 0.15) is 13.2 Å². The zero-order valence-electron chi connectivity index (χ0n) is 18.1. The van der Waals surface area contributed by atoms with Crippen molar-refractivity contribution in [3.8, 4) is 11.5 Å². The van der Waals surface area contributed by atoms with E-state index in [1.165, 1.54) is 21.6 Å². The predicted octanol–water partition coefficient (Wildman–Crippen LogP) is 5.74. The Morgan fingerprint density at radius 2 is 1.77 bits per heavy atom. The maximum atomic E-state index is 10.7. The molecule has 0 N–H and O–H groups in total. The lowest BCUT2D eigenvalue weighted by molar-refractivity contribution is -0.479. The number of allylic oxidation sites excluding steroid dienone is 2. The van der Waals surface area contributed by atoms with Crippen molar-refractivity contribution in [2.45, 2.75) is 33.6 Å². The van der Waals surface area contributed by atoms with Crippen molar-refractivity contribution in [2.75, 3.05) is 19.8 Å². The van der Waals surface area contributed by atoms with Crippen LogP contribution in [0.1, 0.15) is 34.7 Å². The minimum Gasteiger partial charge on any atom is -0.486 e. The van der Waals surface area contributed by atoms with E-state index >= 15 is 0 Å². The molecule has 0 saturated heterocycles. The molecule has 2 heterocycles. The van der Waals surface area contributed by atoms with Crippen molar-refractivity contribution in [1.82, 2.24) is 0 Å². The molecule has 2 aromatic carbocycles. The van der Waals surface area contributed by atoms with Crippen LogP contribution in [0.2, 0.25) is 0 Å². The first-order chi connectivity index (χ1) is 14.9. The maximum absolute atomic E-state index is 10.7. The molecule has 6 heteroatoms. The molecule has 0 fully saturated rings. The highest BCUT2D eigenvalue weighted by atomic mass is 32.2. The second kappa shape index (κ2) is 9.18. The molecule has 0 aromatic heterocycles. The van der Waals surface area contributed by atoms with Gasteiger partial charge >= 0.3 is 0 Å². The van der Waals surface area contributed by atoms with Crippen molar-refractivity contribution in [2.24, 2.45) is 5.92 Å². The third-order valence-electron chi connectivity index (χ3n) is 5.90. The molecule has 4 rings (SSSR count). The Balaban J connectivity index is 1.47. The van der Waals surface area contributed by atoms with E-state index in [-0.39, 0.29) is 11.5 Å². The average Bonchev–Trinajstić information content (AvgIpc) is 2.76. The molecule has 2 aliphatic rings. The van der Waals surface area contributed by atoms with Gasteiger partial charge in [-0.3, -0.25) is 10.1 Å². The first-order valence-corrected chi connectivity index (χ1v) is 11.5. The van der Waals surface area contributed by atoms with Gasteiger partial charge in [0, 0.05) is 16.2 Å². The van der Waals surface area contributed by atoms with Gasteiger partial charge in [0.05, 0.1) is 0 Å². The summed E-state index contributed by atoms with van der Waals surface area (Å²) in [5, 5.41) is 13.0. The molecule has 2 aromatic rings. The van der Waals surface area contributed by atoms with Crippen LogP contribution in [0.15, 0.2) is 47.4 Å². The van der Waals surface area contributed by atoms with Gasteiger partial charge in [-0.2, -0.15) is 0 Å². The molecule has 5 nitrogen and oxygen atoms in total. The Kier molecular flexibility index (Phi) is 6.37. The molecule has 2 aliphatic heterocycles. The molecule has 0 bridgehead atoms. The topological polar surface area (TPSA) is 61.6 Å². The highest BCUT2D eigenvalue weighted by Gasteiger charge is 2.19. The van der Waals surface area contributed by atoms with E-state index < -0.39 is 0 Å². The van der Waals surface area contributed by atoms with Crippen LogP contribution in [0.4, 0.5) is 0 Å². The van der Waals surface area contributed by atoms with Gasteiger partial charge in [-0.25, -0.2) is 0 Å². The summed E-state index contributed by atoms with van der Waals surface area (Å²) >= 11 is 1.75. The molecule has 0 saturated carbocycles. The number of fused-ring (bicyclic) bond motifs is 1. The fourth-order valence-corrected chi connectivity index (χ4v) is 5.13. The lowest BCUT2D eigenvalue weighted by atomic mass is 9.90. The van der Waals surface area contributed by atoms with Gasteiger partial charge in [0.2, 0.25) is 6.54 Å². The number of aryl methyl sites for hydroxylation is 2. The van der Waals surface area contributed by atoms with Crippen molar-refractivity contribution < 1.29 is 14.4 Å². The summed E-state index contributed by atoms with van der Waals surface area (Å²) in [6.07, 6.45) is 3.69. The van der Waals surface area contributed by atoms with Crippen molar-refractivity contribution >= 4 is 16.7 Å². The summed E-state index contributed by atoms with van der Waals surface area (Å²) in [5.41, 5.74) is 7.22. The highest BCUT2D eigenvalue weighted by molar-refractivity contribution is 8.11. The normalized spacial score (nSPS) is 17.7. The number of benzene rings is 2. The van der Waals surface area contributed by atoms with Gasteiger partial charge in [-0.1, -0.05) is 42.5 Å². The number of nitro groups is 1. The summed E-state index contributed by atoms with van der Waals surface area (Å²) in [5.74, 6) is 1.96. The van der Waals surface area contributed by atoms with E-state index in [9.17, 15) is 10.1 Å². The molecule has 162 valence electrons. The molecule has 1 atom stereocenters. The number of rotatable bonds is 6. The van der Waals surface area contributed by atoms with Crippen LogP contribution >= 0.6 is 11.8 Å². The Morgan fingerprint density at radius 1 is 1.06 bits per heavy atom. The van der Waals surface area contributed by atoms with E-state index in [1.54, 1.807) is 11.8 Å². The van der Waals surface area contributed by atoms with Crippen LogP contribution in [0.5, 0.6) is 11.5 Å². The monoisotopic (exact) mass is 437 g/mol. The number of hydrogen-bond acceptors (Lipinski definition) is 5. The molecule has 0 aliphatic carbocycles. The van der Waals surface area contributed by atoms with E-state index in [4.69, 9.17) is 9.47 Å². The Labute approximate surface area is 187 Å². The number of ether oxygens (including phenoxy) is 2. The number of hydrogen-bond donors (Lipinski definition) is 0. The second-order valence-electron chi connectivity index (χ2n) is 8.18. The fourth-order valence-electron chi connectivity index (χ4n) is 4.01. The van der Waals surface area contributed by atoms with Crippen LogP contribution < -0.4 is 9.47 Å². The second-order valence-corrected chi connectivity index (χ2v) is 9.09.